The first-order valence-corrected chi connectivity index (χ1v) is 11.9. The first kappa shape index (κ1) is 23.5. The molecule has 2 N–H and O–H groups in total. The Morgan fingerprint density at radius 1 is 1.11 bits per heavy atom. The normalized spacial score (nSPS) is 15.4. The zero-order chi connectivity index (χ0) is 26.6. The Morgan fingerprint density at radius 2 is 1.95 bits per heavy atom. The van der Waals surface area contributed by atoms with Gasteiger partial charge in [0, 0.05) is 35.3 Å². The summed E-state index contributed by atoms with van der Waals surface area (Å²) in [5.41, 5.74) is 10.3. The number of aliphatic imine (C=N–C) groups is 1. The fourth-order valence-electron chi connectivity index (χ4n) is 4.57. The van der Waals surface area contributed by atoms with Gasteiger partial charge in [0.25, 0.3) is 0 Å². The van der Waals surface area contributed by atoms with Crippen LogP contribution in [0.5, 0.6) is 0 Å². The summed E-state index contributed by atoms with van der Waals surface area (Å²) in [6.45, 7) is 8.42. The third-order valence-corrected chi connectivity index (χ3v) is 6.38. The van der Waals surface area contributed by atoms with E-state index in [1.54, 1.807) is 34.0 Å². The van der Waals surface area contributed by atoms with E-state index in [0.29, 0.717) is 45.1 Å². The number of nitrogens with two attached hydrogens (primary N) is 1. The van der Waals surface area contributed by atoms with Crippen molar-refractivity contribution in [1.82, 2.24) is 34.4 Å². The minimum Gasteiger partial charge on any atom is -0.383 e. The molecule has 6 rings (SSSR count). The van der Waals surface area contributed by atoms with Crippen molar-refractivity contribution in [2.24, 2.45) is 4.99 Å². The van der Waals surface area contributed by atoms with Gasteiger partial charge >= 0.3 is 0 Å². The van der Waals surface area contributed by atoms with E-state index >= 15 is 0 Å². The van der Waals surface area contributed by atoms with Crippen molar-refractivity contribution < 1.29 is 8.78 Å². The Morgan fingerprint density at radius 3 is 2.71 bits per heavy atom. The molecule has 3 aromatic heterocycles. The molecule has 5 heterocycles. The zero-order valence-corrected chi connectivity index (χ0v) is 20.7. The van der Waals surface area contributed by atoms with E-state index in [-0.39, 0.29) is 18.4 Å². The maximum Gasteiger partial charge on any atom is 0.164 e. The summed E-state index contributed by atoms with van der Waals surface area (Å²) in [6, 6.07) is 6.29. The number of amidine groups is 1. The number of hydrogen-bond acceptors (Lipinski definition) is 7. The topological polar surface area (TPSA) is 103 Å². The van der Waals surface area contributed by atoms with E-state index in [0.717, 1.165) is 5.56 Å². The lowest BCUT2D eigenvalue weighted by atomic mass is 9.97. The molecule has 2 aliphatic heterocycles. The number of halogens is 2. The van der Waals surface area contributed by atoms with Gasteiger partial charge in [-0.3, -0.25) is 9.58 Å². The SMILES string of the molecule is C=C1C(c2cccc(F)c2)=C(Cn2nc(-c3cnn(C(C)C)c3)c3c(N)ncnc32)N=C2C=CC(F)=CN12. The second kappa shape index (κ2) is 8.87. The van der Waals surface area contributed by atoms with E-state index in [9.17, 15) is 8.78 Å². The molecule has 0 spiro atoms. The summed E-state index contributed by atoms with van der Waals surface area (Å²) in [7, 11) is 0. The van der Waals surface area contributed by atoms with Crippen LogP contribution in [0.25, 0.3) is 27.9 Å². The number of benzene rings is 1. The average molecular weight is 512 g/mol. The summed E-state index contributed by atoms with van der Waals surface area (Å²) in [5, 5.41) is 9.87. The van der Waals surface area contributed by atoms with Gasteiger partial charge in [-0.15, -0.1) is 0 Å². The maximum absolute atomic E-state index is 14.3. The van der Waals surface area contributed by atoms with Crippen LogP contribution in [0.15, 0.2) is 90.1 Å². The third kappa shape index (κ3) is 3.88. The Labute approximate surface area is 216 Å². The molecule has 0 radical (unpaired) electrons. The molecule has 11 heteroatoms. The van der Waals surface area contributed by atoms with Crippen molar-refractivity contribution in [2.45, 2.75) is 26.4 Å². The monoisotopic (exact) mass is 511 g/mol. The molecule has 1 aromatic carbocycles. The molecule has 0 saturated carbocycles. The van der Waals surface area contributed by atoms with E-state index < -0.39 is 11.6 Å². The van der Waals surface area contributed by atoms with Crippen molar-refractivity contribution in [1.29, 1.82) is 0 Å². The van der Waals surface area contributed by atoms with Crippen LogP contribution in [0.2, 0.25) is 0 Å². The first-order chi connectivity index (χ1) is 18.3. The fraction of sp³-hybridized carbons (Fsp3) is 0.148. The molecule has 190 valence electrons. The summed E-state index contributed by atoms with van der Waals surface area (Å²) in [4.78, 5) is 15.0. The van der Waals surface area contributed by atoms with Gasteiger partial charge in [0.2, 0.25) is 0 Å². The van der Waals surface area contributed by atoms with Gasteiger partial charge in [-0.05, 0) is 43.7 Å². The van der Waals surface area contributed by atoms with Crippen molar-refractivity contribution in [3.05, 3.63) is 96.5 Å². The van der Waals surface area contributed by atoms with Crippen LogP contribution in [0.1, 0.15) is 25.5 Å². The maximum atomic E-state index is 14.3. The van der Waals surface area contributed by atoms with Crippen LogP contribution in [0.4, 0.5) is 14.6 Å². The Hall–Kier alpha value is -4.93. The molecule has 0 bridgehead atoms. The van der Waals surface area contributed by atoms with Gasteiger partial charge in [-0.25, -0.2) is 28.4 Å². The molecule has 38 heavy (non-hydrogen) atoms. The molecule has 9 nitrogen and oxygen atoms in total. The predicted molar refractivity (Wildman–Crippen MR) is 141 cm³/mol. The van der Waals surface area contributed by atoms with E-state index in [2.05, 4.69) is 21.6 Å². The highest BCUT2D eigenvalue weighted by molar-refractivity contribution is 6.03. The quantitative estimate of drug-likeness (QED) is 0.404. The number of hydrogen-bond donors (Lipinski definition) is 1. The third-order valence-electron chi connectivity index (χ3n) is 6.38. The lowest BCUT2D eigenvalue weighted by Gasteiger charge is -2.32. The van der Waals surface area contributed by atoms with Crippen molar-refractivity contribution in [2.75, 3.05) is 5.73 Å². The number of fused-ring (bicyclic) bond motifs is 2. The fourth-order valence-corrected chi connectivity index (χ4v) is 4.57. The molecule has 2 aliphatic rings. The van der Waals surface area contributed by atoms with Gasteiger partial charge < -0.3 is 5.73 Å². The first-order valence-electron chi connectivity index (χ1n) is 11.9. The van der Waals surface area contributed by atoms with Crippen molar-refractivity contribution in [3.8, 4) is 11.3 Å². The Balaban J connectivity index is 1.53. The summed E-state index contributed by atoms with van der Waals surface area (Å²) in [5.74, 6) is -0.0829. The van der Waals surface area contributed by atoms with E-state index in [4.69, 9.17) is 15.8 Å². The predicted octanol–water partition coefficient (Wildman–Crippen LogP) is 5.01. The van der Waals surface area contributed by atoms with Crippen LogP contribution in [0, 0.1) is 5.82 Å². The number of nitrogens with zero attached hydrogens (tertiary/aromatic N) is 8. The molecule has 0 saturated heterocycles. The Bertz CT molecular complexity index is 1740. The van der Waals surface area contributed by atoms with Gasteiger partial charge in [-0.1, -0.05) is 18.7 Å². The largest absolute Gasteiger partial charge is 0.383 e. The summed E-state index contributed by atoms with van der Waals surface area (Å²) >= 11 is 0. The van der Waals surface area contributed by atoms with Crippen molar-refractivity contribution >= 4 is 28.3 Å². The molecule has 0 atom stereocenters. The lowest BCUT2D eigenvalue weighted by Crippen LogP contribution is -2.30. The number of allylic oxidation sites excluding steroid dienone is 4. The van der Waals surface area contributed by atoms with Crippen LogP contribution in [-0.2, 0) is 6.54 Å². The number of aromatic nitrogens is 6. The standard InChI is InChI=1S/C27H23F2N9/c1-15(2)37-11-18(10-33-37)25-24-26(30)31-14-32-27(24)38(35-25)13-21-23(17-5-4-6-19(28)9-17)16(3)36-12-20(29)7-8-22(36)34-21/h4-12,14-15H,3,13H2,1-2H3,(H2,30,31,32). The molecular weight excluding hydrogens is 488 g/mol. The van der Waals surface area contributed by atoms with E-state index in [1.165, 1.54) is 30.7 Å². The second-order valence-corrected chi connectivity index (χ2v) is 9.23. The highest BCUT2D eigenvalue weighted by atomic mass is 19.1. The summed E-state index contributed by atoms with van der Waals surface area (Å²) < 4.78 is 31.9. The van der Waals surface area contributed by atoms with Gasteiger partial charge in [-0.2, -0.15) is 10.2 Å². The molecule has 0 unspecified atom stereocenters. The number of anilines is 1. The smallest absolute Gasteiger partial charge is 0.164 e. The number of nitrogen functional groups attached to an aromatic ring is 1. The highest BCUT2D eigenvalue weighted by Gasteiger charge is 2.28. The average Bonchev–Trinajstić information content (AvgIpc) is 3.51. The molecule has 0 amide bonds. The molecule has 0 fully saturated rings. The molecular formula is C27H23F2N9. The Kier molecular flexibility index (Phi) is 5.48. The minimum atomic E-state index is -0.441. The van der Waals surface area contributed by atoms with Crippen LogP contribution < -0.4 is 5.73 Å². The van der Waals surface area contributed by atoms with Crippen LogP contribution >= 0.6 is 0 Å². The highest BCUT2D eigenvalue weighted by Crippen LogP contribution is 2.37. The molecule has 4 aromatic rings. The minimum absolute atomic E-state index is 0.160. The van der Waals surface area contributed by atoms with Crippen LogP contribution in [0.3, 0.4) is 0 Å². The molecule has 0 aliphatic carbocycles. The van der Waals surface area contributed by atoms with Crippen molar-refractivity contribution in [3.63, 3.8) is 0 Å². The van der Waals surface area contributed by atoms with Gasteiger partial charge in [0.05, 0.1) is 23.8 Å². The van der Waals surface area contributed by atoms with Gasteiger partial charge in [0.15, 0.2) is 5.65 Å². The van der Waals surface area contributed by atoms with Gasteiger partial charge in [0.1, 0.15) is 35.3 Å². The summed E-state index contributed by atoms with van der Waals surface area (Å²) in [6.07, 6.45) is 9.20. The lowest BCUT2D eigenvalue weighted by molar-refractivity contribution is 0.532. The van der Waals surface area contributed by atoms with Crippen LogP contribution in [-0.4, -0.2) is 40.3 Å². The zero-order valence-electron chi connectivity index (χ0n) is 20.7. The number of rotatable bonds is 5. The van der Waals surface area contributed by atoms with E-state index in [1.807, 2.05) is 24.7 Å². The second-order valence-electron chi connectivity index (χ2n) is 9.23.